The number of carbonyl (C=O) groups is 2. The lowest BCUT2D eigenvalue weighted by atomic mass is 10.00. The molecule has 7 rings (SSSR count). The monoisotopic (exact) mass is 728 g/mol. The Morgan fingerprint density at radius 3 is 2.56 bits per heavy atom. The molecule has 0 radical (unpaired) electrons. The van der Waals surface area contributed by atoms with Crippen LogP contribution in [-0.4, -0.2) is 93.8 Å². The van der Waals surface area contributed by atoms with Crippen LogP contribution in [0.5, 0.6) is 11.5 Å². The smallest absolute Gasteiger partial charge is 0.410 e. The van der Waals surface area contributed by atoms with Gasteiger partial charge in [0.1, 0.15) is 35.3 Å². The maximum absolute atomic E-state index is 12.9. The van der Waals surface area contributed by atoms with Crippen molar-refractivity contribution in [2.75, 3.05) is 55.7 Å². The minimum Gasteiger partial charge on any atom is -0.457 e. The third kappa shape index (κ3) is 8.66. The van der Waals surface area contributed by atoms with E-state index in [1.165, 1.54) is 5.56 Å². The van der Waals surface area contributed by atoms with Crippen molar-refractivity contribution in [1.82, 2.24) is 24.8 Å². The van der Waals surface area contributed by atoms with Crippen LogP contribution < -0.4 is 15.0 Å². The van der Waals surface area contributed by atoms with Gasteiger partial charge in [-0.2, -0.15) is 0 Å². The highest BCUT2D eigenvalue weighted by Gasteiger charge is 2.33. The number of benzene rings is 1. The topological polar surface area (TPSA) is 111 Å². The van der Waals surface area contributed by atoms with E-state index in [0.29, 0.717) is 50.5 Å². The summed E-state index contributed by atoms with van der Waals surface area (Å²) >= 11 is 0. The maximum Gasteiger partial charge on any atom is 0.410 e. The molecule has 0 spiro atoms. The number of anilines is 1. The van der Waals surface area contributed by atoms with Gasteiger partial charge in [0.15, 0.2) is 0 Å². The van der Waals surface area contributed by atoms with Crippen LogP contribution in [0.1, 0.15) is 51.2 Å². The average Bonchev–Trinajstić information content (AvgIpc) is 3.61. The molecule has 2 aliphatic heterocycles. The van der Waals surface area contributed by atoms with E-state index in [9.17, 15) is 9.59 Å². The largest absolute Gasteiger partial charge is 0.457 e. The van der Waals surface area contributed by atoms with Gasteiger partial charge in [-0.3, -0.25) is 4.79 Å². The Hall–Kier alpha value is -4.29. The SMILES string of the molecule is CC(C)(C)OC(=O)N1CCc2ccc(Oc3ccnc4c3c(-c3ccnc(N5CCC(C(=O)NC6CC6)C5)c3)cn4COCCS(C)(C)C)cc2C1. The summed E-state index contributed by atoms with van der Waals surface area (Å²) in [6.45, 7) is 9.20. The highest BCUT2D eigenvalue weighted by molar-refractivity contribution is 8.32. The second kappa shape index (κ2) is 14.6. The number of hydrogen-bond acceptors (Lipinski definition) is 8. The van der Waals surface area contributed by atoms with E-state index < -0.39 is 15.6 Å². The Bertz CT molecular complexity index is 1940. The number of pyridine rings is 2. The fourth-order valence-electron chi connectivity index (χ4n) is 6.75. The Kier molecular flexibility index (Phi) is 10.1. The summed E-state index contributed by atoms with van der Waals surface area (Å²) in [5.41, 5.74) is 4.40. The molecule has 4 aromatic rings. The lowest BCUT2D eigenvalue weighted by Gasteiger charge is -2.31. The van der Waals surface area contributed by atoms with Crippen LogP contribution in [0, 0.1) is 5.92 Å². The van der Waals surface area contributed by atoms with E-state index in [-0.39, 0.29) is 17.9 Å². The highest BCUT2D eigenvalue weighted by atomic mass is 32.3. The van der Waals surface area contributed by atoms with Gasteiger partial charge in [-0.25, -0.2) is 24.8 Å². The number of ether oxygens (including phenoxy) is 3. The van der Waals surface area contributed by atoms with Crippen LogP contribution in [0.25, 0.3) is 22.2 Å². The first-order valence-electron chi connectivity index (χ1n) is 18.3. The zero-order valence-electron chi connectivity index (χ0n) is 31.3. The lowest BCUT2D eigenvalue weighted by Crippen LogP contribution is -2.39. The van der Waals surface area contributed by atoms with E-state index >= 15 is 0 Å². The predicted octanol–water partition coefficient (Wildman–Crippen LogP) is 6.96. The van der Waals surface area contributed by atoms with Crippen molar-refractivity contribution in [3.8, 4) is 22.6 Å². The molecule has 2 amide bonds. The first-order valence-corrected chi connectivity index (χ1v) is 21.3. The van der Waals surface area contributed by atoms with E-state index in [4.69, 9.17) is 24.2 Å². The second-order valence-electron chi connectivity index (χ2n) is 16.2. The first kappa shape index (κ1) is 36.1. The number of hydrogen-bond donors (Lipinski definition) is 1. The molecule has 1 atom stereocenters. The summed E-state index contributed by atoms with van der Waals surface area (Å²) in [7, 11) is -0.684. The summed E-state index contributed by atoms with van der Waals surface area (Å²) in [6.07, 6.45) is 16.0. The molecule has 1 unspecified atom stereocenters. The van der Waals surface area contributed by atoms with Gasteiger partial charge in [-0.1, -0.05) is 6.07 Å². The average molecular weight is 729 g/mol. The zero-order chi connectivity index (χ0) is 36.6. The Morgan fingerprint density at radius 2 is 1.79 bits per heavy atom. The van der Waals surface area contributed by atoms with Gasteiger partial charge in [-0.05, 0) is 112 Å². The van der Waals surface area contributed by atoms with Crippen LogP contribution >= 0.6 is 10.0 Å². The van der Waals surface area contributed by atoms with E-state index in [0.717, 1.165) is 71.5 Å². The minimum atomic E-state index is -0.684. The normalized spacial score (nSPS) is 18.0. The Labute approximate surface area is 308 Å². The predicted molar refractivity (Wildman–Crippen MR) is 207 cm³/mol. The molecule has 1 saturated carbocycles. The van der Waals surface area contributed by atoms with Gasteiger partial charge in [0, 0.05) is 62.1 Å². The molecule has 12 heteroatoms. The Morgan fingerprint density at radius 1 is 0.981 bits per heavy atom. The molecule has 0 bridgehead atoms. The molecule has 2 fully saturated rings. The zero-order valence-corrected chi connectivity index (χ0v) is 32.1. The van der Waals surface area contributed by atoms with Gasteiger partial charge in [0.2, 0.25) is 5.91 Å². The molecule has 11 nitrogen and oxygen atoms in total. The molecule has 3 aromatic heterocycles. The summed E-state index contributed by atoms with van der Waals surface area (Å²) in [6, 6.07) is 12.5. The van der Waals surface area contributed by atoms with Crippen molar-refractivity contribution < 1.29 is 23.8 Å². The molecule has 3 aliphatic rings. The third-order valence-corrected chi connectivity index (χ3v) is 11.1. The molecule has 1 aliphatic carbocycles. The van der Waals surface area contributed by atoms with Crippen molar-refractivity contribution >= 4 is 38.9 Å². The van der Waals surface area contributed by atoms with Crippen LogP contribution in [-0.2, 0) is 34.0 Å². The number of carbonyl (C=O) groups excluding carboxylic acids is 2. The van der Waals surface area contributed by atoms with Crippen molar-refractivity contribution in [3.05, 3.63) is 66.1 Å². The lowest BCUT2D eigenvalue weighted by molar-refractivity contribution is -0.124. The standard InChI is InChI=1S/C40H52N6O5S/c1-40(2,3)51-39(48)45-18-13-27-7-10-32(21-30(27)24-45)50-34-12-16-42-37-36(34)33(25-46(37)26-49-19-20-52(4,5)6)28-11-15-41-35(22-28)44-17-14-29(23-44)38(47)43-31-8-9-31/h7,10-12,15-16,21-22,25,29,31H,8-9,13-14,17-20,23-24,26H2,1-6H3,(H,43,47). The first-order chi connectivity index (χ1) is 24.8. The van der Waals surface area contributed by atoms with Crippen molar-refractivity contribution in [2.24, 2.45) is 5.92 Å². The number of nitrogens with one attached hydrogen (secondary N) is 1. The molecular formula is C40H52N6O5S. The third-order valence-electron chi connectivity index (χ3n) is 9.72. The Balaban J connectivity index is 1.18. The molecule has 52 heavy (non-hydrogen) atoms. The molecule has 1 saturated heterocycles. The van der Waals surface area contributed by atoms with Crippen LogP contribution in [0.4, 0.5) is 10.6 Å². The van der Waals surface area contributed by atoms with Gasteiger partial charge >= 0.3 is 6.09 Å². The fraction of sp³-hybridized carbons (Fsp3) is 0.500. The molecule has 5 heterocycles. The number of aromatic nitrogens is 3. The van der Waals surface area contributed by atoms with Gasteiger partial charge in [0.05, 0.1) is 17.9 Å². The molecular weight excluding hydrogens is 677 g/mol. The second-order valence-corrected chi connectivity index (χ2v) is 20.7. The number of nitrogens with zero attached hydrogens (tertiary/aromatic N) is 5. The van der Waals surface area contributed by atoms with Crippen molar-refractivity contribution in [2.45, 2.75) is 71.4 Å². The molecule has 1 N–H and O–H groups in total. The number of amides is 2. The summed E-state index contributed by atoms with van der Waals surface area (Å²) in [4.78, 5) is 39.2. The van der Waals surface area contributed by atoms with Crippen LogP contribution in [0.3, 0.4) is 0 Å². The number of rotatable bonds is 11. The van der Waals surface area contributed by atoms with Crippen LogP contribution in [0.2, 0.25) is 0 Å². The quantitative estimate of drug-likeness (QED) is 0.165. The van der Waals surface area contributed by atoms with E-state index in [2.05, 4.69) is 51.9 Å². The minimum absolute atomic E-state index is 0.0305. The van der Waals surface area contributed by atoms with E-state index in [1.54, 1.807) is 11.1 Å². The summed E-state index contributed by atoms with van der Waals surface area (Å²) < 4.78 is 20.6. The summed E-state index contributed by atoms with van der Waals surface area (Å²) in [5.74, 6) is 3.35. The van der Waals surface area contributed by atoms with Gasteiger partial charge in [0.25, 0.3) is 0 Å². The van der Waals surface area contributed by atoms with Crippen molar-refractivity contribution in [3.63, 3.8) is 0 Å². The van der Waals surface area contributed by atoms with Gasteiger partial charge < -0.3 is 33.9 Å². The van der Waals surface area contributed by atoms with Crippen molar-refractivity contribution in [1.29, 1.82) is 0 Å². The molecule has 1 aromatic carbocycles. The van der Waals surface area contributed by atoms with E-state index in [1.807, 2.05) is 51.2 Å². The fourth-order valence-corrected chi connectivity index (χ4v) is 7.37. The van der Waals surface area contributed by atoms with Crippen LogP contribution in [0.15, 0.2) is 55.0 Å². The molecule has 278 valence electrons. The maximum atomic E-state index is 12.9. The number of fused-ring (bicyclic) bond motifs is 2. The highest BCUT2D eigenvalue weighted by Crippen LogP contribution is 2.40. The summed E-state index contributed by atoms with van der Waals surface area (Å²) in [5, 5.41) is 4.05. The van der Waals surface area contributed by atoms with Gasteiger partial charge in [-0.15, -0.1) is 0 Å².